The smallest absolute Gasteiger partial charge is 0.271 e. The maximum Gasteiger partial charge on any atom is 0.271 e. The van der Waals surface area contributed by atoms with Crippen molar-refractivity contribution in [3.8, 4) is 17.2 Å². The molecule has 0 spiro atoms. The molecule has 0 amide bonds. The van der Waals surface area contributed by atoms with Crippen LogP contribution in [0.3, 0.4) is 0 Å². The van der Waals surface area contributed by atoms with Crippen LogP contribution >= 0.6 is 27.5 Å². The average Bonchev–Trinajstić information content (AvgIpc) is 3.30. The Bertz CT molecular complexity index is 1230. The van der Waals surface area contributed by atoms with Gasteiger partial charge in [-0.3, -0.25) is 14.5 Å². The lowest BCUT2D eigenvalue weighted by Crippen LogP contribution is -1.92. The molecule has 28 heavy (non-hydrogen) atoms. The minimum Gasteiger partial charge on any atom is -0.506 e. The van der Waals surface area contributed by atoms with Gasteiger partial charge >= 0.3 is 0 Å². The second-order valence-electron chi connectivity index (χ2n) is 5.72. The van der Waals surface area contributed by atoms with E-state index in [-0.39, 0.29) is 21.5 Å². The molecule has 4 aromatic rings. The second-order valence-corrected chi connectivity index (χ2v) is 7.01. The number of aliphatic imine (C=N–C) groups is 1. The Kier molecular flexibility index (Phi) is 4.62. The zero-order chi connectivity index (χ0) is 19.8. The number of nitro groups is 1. The number of nitrogens with zero attached hydrogens (tertiary/aromatic N) is 4. The van der Waals surface area contributed by atoms with Gasteiger partial charge in [-0.1, -0.05) is 11.6 Å². The first-order valence-electron chi connectivity index (χ1n) is 7.86. The highest BCUT2D eigenvalue weighted by molar-refractivity contribution is 9.10. The van der Waals surface area contributed by atoms with E-state index in [2.05, 4.69) is 25.9 Å². The third-order valence-corrected chi connectivity index (χ3v) is 4.75. The minimum atomic E-state index is -0.552. The van der Waals surface area contributed by atoms with E-state index < -0.39 is 4.92 Å². The van der Waals surface area contributed by atoms with Crippen molar-refractivity contribution in [2.45, 2.75) is 0 Å². The van der Waals surface area contributed by atoms with Crippen LogP contribution in [0.5, 0.6) is 5.75 Å². The number of hydrogen-bond acceptors (Lipinski definition) is 6. The fourth-order valence-electron chi connectivity index (χ4n) is 2.65. The fourth-order valence-corrected chi connectivity index (χ4v) is 3.27. The van der Waals surface area contributed by atoms with E-state index in [1.807, 2.05) is 0 Å². The fraction of sp³-hybridized carbons (Fsp3) is 0. The summed E-state index contributed by atoms with van der Waals surface area (Å²) in [6.45, 7) is 0. The Labute approximate surface area is 171 Å². The number of pyridine rings is 1. The van der Waals surface area contributed by atoms with E-state index in [1.165, 1.54) is 24.6 Å². The zero-order valence-corrected chi connectivity index (χ0v) is 16.3. The third kappa shape index (κ3) is 3.25. The van der Waals surface area contributed by atoms with Crippen molar-refractivity contribution in [2.24, 2.45) is 4.99 Å². The molecule has 8 nitrogen and oxygen atoms in total. The van der Waals surface area contributed by atoms with Gasteiger partial charge in [-0.2, -0.15) is 0 Å². The van der Waals surface area contributed by atoms with Crippen LogP contribution in [0.15, 0.2) is 62.7 Å². The average molecular weight is 462 g/mol. The Hall–Kier alpha value is -3.17. The van der Waals surface area contributed by atoms with Crippen LogP contribution in [0.1, 0.15) is 5.56 Å². The molecule has 3 aromatic heterocycles. The summed E-state index contributed by atoms with van der Waals surface area (Å²) in [7, 11) is 0. The van der Waals surface area contributed by atoms with Crippen LogP contribution in [-0.2, 0) is 0 Å². The molecule has 0 aliphatic rings. The predicted molar refractivity (Wildman–Crippen MR) is 108 cm³/mol. The SMILES string of the molecule is O=[N+]([O-])c1cc(Br)c(O)c(C=Nc2c(-c3ccco3)nc3ccc(Cl)cn23)c1. The van der Waals surface area contributed by atoms with Crippen molar-refractivity contribution < 1.29 is 14.4 Å². The van der Waals surface area contributed by atoms with Crippen molar-refractivity contribution >= 4 is 50.9 Å². The number of fused-ring (bicyclic) bond motifs is 1. The van der Waals surface area contributed by atoms with Crippen LogP contribution in [0.4, 0.5) is 11.5 Å². The van der Waals surface area contributed by atoms with E-state index in [0.29, 0.717) is 27.9 Å². The topological polar surface area (TPSA) is 106 Å². The van der Waals surface area contributed by atoms with Crippen molar-refractivity contribution in [1.29, 1.82) is 0 Å². The van der Waals surface area contributed by atoms with Gasteiger partial charge in [0, 0.05) is 30.1 Å². The van der Waals surface area contributed by atoms with Crippen LogP contribution in [0.25, 0.3) is 17.1 Å². The molecule has 140 valence electrons. The molecule has 0 saturated heterocycles. The summed E-state index contributed by atoms with van der Waals surface area (Å²) in [5.74, 6) is 0.728. The Morgan fingerprint density at radius 2 is 2.18 bits per heavy atom. The Balaban J connectivity index is 1.89. The van der Waals surface area contributed by atoms with Crippen molar-refractivity contribution in [1.82, 2.24) is 9.38 Å². The van der Waals surface area contributed by atoms with Gasteiger partial charge < -0.3 is 9.52 Å². The molecule has 0 atom stereocenters. The summed E-state index contributed by atoms with van der Waals surface area (Å²) in [6.07, 6.45) is 4.49. The number of hydrogen-bond donors (Lipinski definition) is 1. The van der Waals surface area contributed by atoms with Gasteiger partial charge in [-0.25, -0.2) is 9.98 Å². The first-order valence-corrected chi connectivity index (χ1v) is 9.03. The molecule has 3 heterocycles. The van der Waals surface area contributed by atoms with Crippen LogP contribution in [0, 0.1) is 10.1 Å². The molecule has 0 aliphatic heterocycles. The van der Waals surface area contributed by atoms with Gasteiger partial charge in [0.1, 0.15) is 11.4 Å². The van der Waals surface area contributed by atoms with Gasteiger partial charge in [-0.05, 0) is 40.2 Å². The molecular weight excluding hydrogens is 452 g/mol. The zero-order valence-electron chi connectivity index (χ0n) is 13.9. The predicted octanol–water partition coefficient (Wildman–Crippen LogP) is 5.37. The second kappa shape index (κ2) is 7.10. The van der Waals surface area contributed by atoms with Gasteiger partial charge in [0.2, 0.25) is 0 Å². The monoisotopic (exact) mass is 460 g/mol. The lowest BCUT2D eigenvalue weighted by Gasteiger charge is -2.03. The highest BCUT2D eigenvalue weighted by atomic mass is 79.9. The summed E-state index contributed by atoms with van der Waals surface area (Å²) in [4.78, 5) is 19.5. The van der Waals surface area contributed by atoms with Gasteiger partial charge in [0.25, 0.3) is 5.69 Å². The standard InChI is InChI=1S/C18H10BrClN4O4/c19-13-7-12(24(26)27)6-10(17(13)25)8-21-18-16(14-2-1-5-28-14)22-15-4-3-11(20)9-23(15)18/h1-9,25H. The molecule has 0 bridgehead atoms. The highest BCUT2D eigenvalue weighted by Gasteiger charge is 2.17. The summed E-state index contributed by atoms with van der Waals surface area (Å²) < 4.78 is 7.29. The molecule has 0 saturated carbocycles. The minimum absolute atomic E-state index is 0.166. The van der Waals surface area contributed by atoms with E-state index in [0.717, 1.165) is 0 Å². The molecule has 0 fully saturated rings. The van der Waals surface area contributed by atoms with Crippen molar-refractivity contribution in [2.75, 3.05) is 0 Å². The number of phenols is 1. The molecule has 4 rings (SSSR count). The molecule has 1 aromatic carbocycles. The van der Waals surface area contributed by atoms with Gasteiger partial charge in [0.15, 0.2) is 17.3 Å². The first kappa shape index (κ1) is 18.2. The molecule has 1 N–H and O–H groups in total. The third-order valence-electron chi connectivity index (χ3n) is 3.93. The molecular formula is C18H10BrClN4O4. The van der Waals surface area contributed by atoms with Crippen LogP contribution < -0.4 is 0 Å². The van der Waals surface area contributed by atoms with Crippen molar-refractivity contribution in [3.63, 3.8) is 0 Å². The number of phenolic OH excluding ortho intramolecular Hbond substituents is 1. The van der Waals surface area contributed by atoms with E-state index in [1.54, 1.807) is 34.9 Å². The molecule has 0 aliphatic carbocycles. The molecule has 0 radical (unpaired) electrons. The Morgan fingerprint density at radius 1 is 1.36 bits per heavy atom. The van der Waals surface area contributed by atoms with E-state index in [9.17, 15) is 15.2 Å². The molecule has 10 heteroatoms. The lowest BCUT2D eigenvalue weighted by atomic mass is 10.2. The summed E-state index contributed by atoms with van der Waals surface area (Å²) in [5.41, 5.74) is 1.04. The maximum atomic E-state index is 11.1. The number of halogens is 2. The number of furan rings is 1. The first-order chi connectivity index (χ1) is 13.4. The number of rotatable bonds is 4. The van der Waals surface area contributed by atoms with Gasteiger partial charge in [-0.15, -0.1) is 0 Å². The number of non-ortho nitro benzene ring substituents is 1. The number of imidazole rings is 1. The van der Waals surface area contributed by atoms with Crippen LogP contribution in [-0.4, -0.2) is 25.6 Å². The number of aromatic nitrogens is 2. The van der Waals surface area contributed by atoms with Gasteiger partial charge in [0.05, 0.1) is 20.7 Å². The van der Waals surface area contributed by atoms with Crippen LogP contribution in [0.2, 0.25) is 5.02 Å². The summed E-state index contributed by atoms with van der Waals surface area (Å²) in [6, 6.07) is 9.34. The number of benzene rings is 1. The summed E-state index contributed by atoms with van der Waals surface area (Å²) >= 11 is 9.21. The summed E-state index contributed by atoms with van der Waals surface area (Å²) in [5, 5.41) is 21.8. The highest BCUT2D eigenvalue weighted by Crippen LogP contribution is 2.34. The normalized spacial score (nSPS) is 11.5. The maximum absolute atomic E-state index is 11.1. The largest absolute Gasteiger partial charge is 0.506 e. The molecule has 0 unspecified atom stereocenters. The van der Waals surface area contributed by atoms with Crippen molar-refractivity contribution in [3.05, 3.63) is 74.0 Å². The number of nitro benzene ring substituents is 1. The quantitative estimate of drug-likeness (QED) is 0.250. The van der Waals surface area contributed by atoms with E-state index >= 15 is 0 Å². The van der Waals surface area contributed by atoms with E-state index in [4.69, 9.17) is 16.0 Å². The Morgan fingerprint density at radius 3 is 2.89 bits per heavy atom. The number of aromatic hydroxyl groups is 1. The lowest BCUT2D eigenvalue weighted by molar-refractivity contribution is -0.385.